The highest BCUT2D eigenvalue weighted by Crippen LogP contribution is 2.29. The summed E-state index contributed by atoms with van der Waals surface area (Å²) in [5, 5.41) is 9.31. The van der Waals surface area contributed by atoms with Gasteiger partial charge in [-0.3, -0.25) is 9.36 Å². The normalized spacial score (nSPS) is 10.8. The molecule has 0 saturated heterocycles. The number of halogens is 2. The molecule has 0 aliphatic heterocycles. The first-order chi connectivity index (χ1) is 9.52. The lowest BCUT2D eigenvalue weighted by Gasteiger charge is -2.12. The molecule has 1 heterocycles. The fourth-order valence-corrected chi connectivity index (χ4v) is 2.91. The molecule has 1 aromatic carbocycles. The molecule has 1 aromatic heterocycles. The van der Waals surface area contributed by atoms with Crippen LogP contribution in [0.4, 0.5) is 4.39 Å². The van der Waals surface area contributed by atoms with E-state index in [1.807, 2.05) is 6.92 Å². The van der Waals surface area contributed by atoms with Crippen LogP contribution in [0, 0.1) is 5.82 Å². The van der Waals surface area contributed by atoms with Gasteiger partial charge in [0.05, 0.1) is 11.4 Å². The van der Waals surface area contributed by atoms with Gasteiger partial charge in [-0.2, -0.15) is 0 Å². The Hall–Kier alpha value is -1.34. The number of hydrogen-bond acceptors (Lipinski definition) is 3. The second kappa shape index (κ2) is 6.41. The molecule has 0 atom stereocenters. The standard InChI is InChI=1S/C13H12BrFN2O2S/c1-2-9-6-16-13(20-7-12(18)19)17(9)11-5-8(15)3-4-10(11)14/h3-6H,2,7H2,1H3,(H,18,19). The van der Waals surface area contributed by atoms with Crippen LogP contribution < -0.4 is 0 Å². The molecule has 106 valence electrons. The molecule has 1 N–H and O–H groups in total. The number of carbonyl (C=O) groups is 1. The molecule has 2 rings (SSSR count). The van der Waals surface area contributed by atoms with Gasteiger partial charge < -0.3 is 5.11 Å². The molecule has 0 aliphatic rings. The molecule has 2 aromatic rings. The number of benzene rings is 1. The van der Waals surface area contributed by atoms with Crippen LogP contribution in [0.25, 0.3) is 5.69 Å². The van der Waals surface area contributed by atoms with E-state index in [-0.39, 0.29) is 11.6 Å². The number of aliphatic carboxylic acids is 1. The lowest BCUT2D eigenvalue weighted by atomic mass is 10.3. The first-order valence-electron chi connectivity index (χ1n) is 5.89. The summed E-state index contributed by atoms with van der Waals surface area (Å²) in [5.74, 6) is -1.36. The largest absolute Gasteiger partial charge is 0.481 e. The molecule has 0 spiro atoms. The third kappa shape index (κ3) is 3.21. The predicted molar refractivity (Wildman–Crippen MR) is 79.0 cm³/mol. The highest BCUT2D eigenvalue weighted by molar-refractivity contribution is 9.10. The van der Waals surface area contributed by atoms with E-state index in [2.05, 4.69) is 20.9 Å². The fourth-order valence-electron chi connectivity index (χ4n) is 1.76. The van der Waals surface area contributed by atoms with Crippen molar-refractivity contribution in [2.45, 2.75) is 18.5 Å². The highest BCUT2D eigenvalue weighted by atomic mass is 79.9. The average Bonchev–Trinajstić information content (AvgIpc) is 2.82. The molecule has 0 aliphatic carbocycles. The van der Waals surface area contributed by atoms with E-state index < -0.39 is 5.97 Å². The van der Waals surface area contributed by atoms with Gasteiger partial charge in [-0.1, -0.05) is 18.7 Å². The van der Waals surface area contributed by atoms with Crippen molar-refractivity contribution in [1.29, 1.82) is 0 Å². The summed E-state index contributed by atoms with van der Waals surface area (Å²) in [4.78, 5) is 14.9. The van der Waals surface area contributed by atoms with Gasteiger partial charge in [-0.25, -0.2) is 9.37 Å². The van der Waals surface area contributed by atoms with E-state index in [1.165, 1.54) is 12.1 Å². The van der Waals surface area contributed by atoms with Crippen LogP contribution in [0.3, 0.4) is 0 Å². The smallest absolute Gasteiger partial charge is 0.313 e. The topological polar surface area (TPSA) is 55.1 Å². The number of carboxylic acid groups (broad SMARTS) is 1. The van der Waals surface area contributed by atoms with Gasteiger partial charge >= 0.3 is 5.97 Å². The molecular formula is C13H12BrFN2O2S. The van der Waals surface area contributed by atoms with Crippen LogP contribution in [0.15, 0.2) is 34.0 Å². The Bertz CT molecular complexity index is 645. The Morgan fingerprint density at radius 3 is 2.95 bits per heavy atom. The van der Waals surface area contributed by atoms with E-state index in [4.69, 9.17) is 5.11 Å². The monoisotopic (exact) mass is 358 g/mol. The summed E-state index contributed by atoms with van der Waals surface area (Å²) in [6, 6.07) is 4.38. The molecule has 4 nitrogen and oxygen atoms in total. The summed E-state index contributed by atoms with van der Waals surface area (Å²) in [7, 11) is 0. The quantitative estimate of drug-likeness (QED) is 0.830. The number of thioether (sulfide) groups is 1. The Labute approximate surface area is 128 Å². The summed E-state index contributed by atoms with van der Waals surface area (Å²) in [6.45, 7) is 1.96. The molecule has 0 unspecified atom stereocenters. The second-order valence-corrected chi connectivity index (χ2v) is 5.80. The number of rotatable bonds is 5. The molecule has 0 saturated carbocycles. The van der Waals surface area contributed by atoms with Crippen LogP contribution in [0.1, 0.15) is 12.6 Å². The molecule has 0 radical (unpaired) electrons. The minimum absolute atomic E-state index is 0.0902. The third-order valence-corrected chi connectivity index (χ3v) is 4.25. The van der Waals surface area contributed by atoms with Gasteiger partial charge in [0.15, 0.2) is 5.16 Å². The van der Waals surface area contributed by atoms with Crippen molar-refractivity contribution in [1.82, 2.24) is 9.55 Å². The van der Waals surface area contributed by atoms with Crippen molar-refractivity contribution in [3.05, 3.63) is 40.4 Å². The zero-order valence-electron chi connectivity index (χ0n) is 10.6. The number of aromatic nitrogens is 2. The first kappa shape index (κ1) is 15.1. The van der Waals surface area contributed by atoms with Crippen LogP contribution >= 0.6 is 27.7 Å². The van der Waals surface area contributed by atoms with Gasteiger partial charge in [-0.15, -0.1) is 0 Å². The number of carboxylic acids is 1. The first-order valence-corrected chi connectivity index (χ1v) is 7.67. The average molecular weight is 359 g/mol. The Morgan fingerprint density at radius 1 is 1.55 bits per heavy atom. The van der Waals surface area contributed by atoms with Gasteiger partial charge in [0, 0.05) is 16.4 Å². The van der Waals surface area contributed by atoms with Crippen LogP contribution in [-0.4, -0.2) is 26.4 Å². The minimum atomic E-state index is -0.916. The SMILES string of the molecule is CCc1cnc(SCC(=O)O)n1-c1cc(F)ccc1Br. The Balaban J connectivity index is 2.50. The van der Waals surface area contributed by atoms with Crippen molar-refractivity contribution in [3.8, 4) is 5.69 Å². The number of nitrogens with zero attached hydrogens (tertiary/aromatic N) is 2. The van der Waals surface area contributed by atoms with Crippen LogP contribution in [0.2, 0.25) is 0 Å². The summed E-state index contributed by atoms with van der Waals surface area (Å²) in [6.07, 6.45) is 2.39. The second-order valence-electron chi connectivity index (χ2n) is 4.00. The lowest BCUT2D eigenvalue weighted by molar-refractivity contribution is -0.133. The number of aryl methyl sites for hydroxylation is 1. The van der Waals surface area contributed by atoms with E-state index in [9.17, 15) is 9.18 Å². The van der Waals surface area contributed by atoms with Gasteiger partial charge in [-0.05, 0) is 40.5 Å². The maximum Gasteiger partial charge on any atom is 0.313 e. The fraction of sp³-hybridized carbons (Fsp3) is 0.231. The zero-order valence-corrected chi connectivity index (χ0v) is 13.0. The van der Waals surface area contributed by atoms with Gasteiger partial charge in [0.1, 0.15) is 5.82 Å². The highest BCUT2D eigenvalue weighted by Gasteiger charge is 2.15. The van der Waals surface area contributed by atoms with Gasteiger partial charge in [0.25, 0.3) is 0 Å². The van der Waals surface area contributed by atoms with Crippen molar-refractivity contribution in [3.63, 3.8) is 0 Å². The Kier molecular flexibility index (Phi) is 4.82. The molecule has 7 heteroatoms. The summed E-state index contributed by atoms with van der Waals surface area (Å²) < 4.78 is 16.0. The zero-order chi connectivity index (χ0) is 14.7. The molecule has 0 fully saturated rings. The van der Waals surface area contributed by atoms with E-state index in [0.717, 1.165) is 21.9 Å². The van der Waals surface area contributed by atoms with E-state index >= 15 is 0 Å². The van der Waals surface area contributed by atoms with E-state index in [0.29, 0.717) is 17.3 Å². The van der Waals surface area contributed by atoms with Crippen molar-refractivity contribution in [2.75, 3.05) is 5.75 Å². The van der Waals surface area contributed by atoms with Crippen molar-refractivity contribution in [2.24, 2.45) is 0 Å². The van der Waals surface area contributed by atoms with Crippen LogP contribution in [0.5, 0.6) is 0 Å². The van der Waals surface area contributed by atoms with Crippen molar-refractivity contribution < 1.29 is 14.3 Å². The Morgan fingerprint density at radius 2 is 2.30 bits per heavy atom. The maximum absolute atomic E-state index is 13.5. The molecule has 0 bridgehead atoms. The number of imidazole rings is 1. The molecular weight excluding hydrogens is 347 g/mol. The number of hydrogen-bond donors (Lipinski definition) is 1. The lowest BCUT2D eigenvalue weighted by Crippen LogP contribution is -2.05. The van der Waals surface area contributed by atoms with Crippen LogP contribution in [-0.2, 0) is 11.2 Å². The maximum atomic E-state index is 13.5. The minimum Gasteiger partial charge on any atom is -0.481 e. The molecule has 0 amide bonds. The predicted octanol–water partition coefficient (Wildman–Crippen LogP) is 3.51. The van der Waals surface area contributed by atoms with E-state index in [1.54, 1.807) is 16.8 Å². The molecule has 20 heavy (non-hydrogen) atoms. The van der Waals surface area contributed by atoms with Gasteiger partial charge in [0.2, 0.25) is 0 Å². The summed E-state index contributed by atoms with van der Waals surface area (Å²) in [5.41, 5.74) is 1.51. The van der Waals surface area contributed by atoms with Crippen molar-refractivity contribution >= 4 is 33.7 Å². The third-order valence-electron chi connectivity index (χ3n) is 2.64. The summed E-state index contributed by atoms with van der Waals surface area (Å²) >= 11 is 4.50.